The van der Waals surface area contributed by atoms with Gasteiger partial charge in [0.05, 0.1) is 12.8 Å². The van der Waals surface area contributed by atoms with E-state index in [4.69, 9.17) is 0 Å². The van der Waals surface area contributed by atoms with E-state index >= 15 is 0 Å². The summed E-state index contributed by atoms with van der Waals surface area (Å²) in [5.74, 6) is -0.757. The zero-order chi connectivity index (χ0) is 11.4. The molecule has 0 atom stereocenters. The number of carbonyl (C=O) groups is 1. The number of hydrogen-bond acceptors (Lipinski definition) is 3. The molecule has 1 aromatic rings. The van der Waals surface area contributed by atoms with Gasteiger partial charge in [0.15, 0.2) is 0 Å². The first-order chi connectivity index (χ1) is 7.11. The van der Waals surface area contributed by atoms with E-state index in [0.717, 1.165) is 10.9 Å². The number of rotatable bonds is 4. The predicted molar refractivity (Wildman–Crippen MR) is 48.8 cm³/mol. The van der Waals surface area contributed by atoms with Crippen LogP contribution in [0.25, 0.3) is 0 Å². The van der Waals surface area contributed by atoms with Gasteiger partial charge in [0, 0.05) is 6.54 Å². The van der Waals surface area contributed by atoms with Crippen LogP contribution in [-0.2, 0) is 11.3 Å². The summed E-state index contributed by atoms with van der Waals surface area (Å²) in [6.07, 6.45) is -1.62. The van der Waals surface area contributed by atoms with Gasteiger partial charge in [0.1, 0.15) is 11.3 Å². The summed E-state index contributed by atoms with van der Waals surface area (Å²) < 4.78 is 31.0. The molecule has 4 nitrogen and oxygen atoms in total. The van der Waals surface area contributed by atoms with Gasteiger partial charge in [-0.25, -0.2) is 13.6 Å². The van der Waals surface area contributed by atoms with Crippen LogP contribution in [0.4, 0.5) is 8.78 Å². The molecular weight excluding hydrogens is 206 g/mol. The van der Waals surface area contributed by atoms with Gasteiger partial charge in [0.2, 0.25) is 0 Å². The van der Waals surface area contributed by atoms with Crippen LogP contribution in [0.1, 0.15) is 36.3 Å². The third-order valence-corrected chi connectivity index (χ3v) is 1.88. The minimum Gasteiger partial charge on any atom is -0.462 e. The van der Waals surface area contributed by atoms with Gasteiger partial charge in [-0.3, -0.25) is 4.68 Å². The van der Waals surface area contributed by atoms with Gasteiger partial charge in [-0.2, -0.15) is 5.10 Å². The van der Waals surface area contributed by atoms with Crippen molar-refractivity contribution < 1.29 is 18.3 Å². The maximum Gasteiger partial charge on any atom is 0.341 e. The highest BCUT2D eigenvalue weighted by Gasteiger charge is 2.24. The standard InChI is InChI=1S/C9H12F2N2O2/c1-3-13-7(8(10)11)6(5-12-13)9(14)15-4-2/h5,8H,3-4H2,1-2H3. The van der Waals surface area contributed by atoms with E-state index in [1.165, 1.54) is 0 Å². The Morgan fingerprint density at radius 2 is 2.27 bits per heavy atom. The lowest BCUT2D eigenvalue weighted by Gasteiger charge is -2.05. The van der Waals surface area contributed by atoms with Crippen LogP contribution in [-0.4, -0.2) is 22.4 Å². The van der Waals surface area contributed by atoms with Gasteiger partial charge in [-0.15, -0.1) is 0 Å². The maximum absolute atomic E-state index is 12.6. The van der Waals surface area contributed by atoms with Crippen LogP contribution >= 0.6 is 0 Å². The second kappa shape index (κ2) is 4.86. The van der Waals surface area contributed by atoms with Crippen molar-refractivity contribution in [3.8, 4) is 0 Å². The van der Waals surface area contributed by atoms with Gasteiger partial charge < -0.3 is 4.74 Å². The minimum atomic E-state index is -2.73. The van der Waals surface area contributed by atoms with Crippen LogP contribution < -0.4 is 0 Å². The first-order valence-corrected chi connectivity index (χ1v) is 4.62. The van der Waals surface area contributed by atoms with Crippen molar-refractivity contribution in [1.29, 1.82) is 0 Å². The quantitative estimate of drug-likeness (QED) is 0.726. The SMILES string of the molecule is CCOC(=O)c1cnn(CC)c1C(F)F. The average Bonchev–Trinajstić information content (AvgIpc) is 2.61. The van der Waals surface area contributed by atoms with Crippen molar-refractivity contribution in [2.45, 2.75) is 26.8 Å². The first-order valence-electron chi connectivity index (χ1n) is 4.62. The number of esters is 1. The van der Waals surface area contributed by atoms with Crippen LogP contribution in [0.15, 0.2) is 6.20 Å². The Balaban J connectivity index is 3.07. The Kier molecular flexibility index (Phi) is 3.76. The molecule has 1 rings (SSSR count). The lowest BCUT2D eigenvalue weighted by Crippen LogP contribution is -2.10. The highest BCUT2D eigenvalue weighted by atomic mass is 19.3. The summed E-state index contributed by atoms with van der Waals surface area (Å²) in [5, 5.41) is 3.70. The fraction of sp³-hybridized carbons (Fsp3) is 0.556. The molecule has 0 aliphatic carbocycles. The Morgan fingerprint density at radius 3 is 2.73 bits per heavy atom. The van der Waals surface area contributed by atoms with Gasteiger partial charge in [0.25, 0.3) is 6.43 Å². The van der Waals surface area contributed by atoms with E-state index in [2.05, 4.69) is 9.84 Å². The van der Waals surface area contributed by atoms with Crippen molar-refractivity contribution in [2.24, 2.45) is 0 Å². The largest absolute Gasteiger partial charge is 0.462 e. The van der Waals surface area contributed by atoms with Gasteiger partial charge in [-0.05, 0) is 13.8 Å². The van der Waals surface area contributed by atoms with Gasteiger partial charge >= 0.3 is 5.97 Å². The Morgan fingerprint density at radius 1 is 1.60 bits per heavy atom. The van der Waals surface area contributed by atoms with E-state index in [1.54, 1.807) is 13.8 Å². The molecule has 0 unspecified atom stereocenters. The molecule has 84 valence electrons. The molecule has 0 bridgehead atoms. The molecular formula is C9H12F2N2O2. The molecule has 0 N–H and O–H groups in total. The number of alkyl halides is 2. The molecule has 0 amide bonds. The van der Waals surface area contributed by atoms with Crippen molar-refractivity contribution in [2.75, 3.05) is 6.61 Å². The normalized spacial score (nSPS) is 10.7. The molecule has 0 spiro atoms. The molecule has 0 radical (unpaired) electrons. The average molecular weight is 218 g/mol. The fourth-order valence-corrected chi connectivity index (χ4v) is 1.24. The molecule has 0 aliphatic heterocycles. The number of hydrogen-bond donors (Lipinski definition) is 0. The summed E-state index contributed by atoms with van der Waals surface area (Å²) >= 11 is 0. The Hall–Kier alpha value is -1.46. The van der Waals surface area contributed by atoms with Crippen molar-refractivity contribution in [1.82, 2.24) is 9.78 Å². The molecule has 1 aromatic heterocycles. The summed E-state index contributed by atoms with van der Waals surface area (Å²) in [4.78, 5) is 11.3. The van der Waals surface area contributed by atoms with Crippen molar-refractivity contribution in [3.05, 3.63) is 17.5 Å². The zero-order valence-electron chi connectivity index (χ0n) is 8.54. The predicted octanol–water partition coefficient (Wildman–Crippen LogP) is 2.02. The van der Waals surface area contributed by atoms with E-state index in [9.17, 15) is 13.6 Å². The van der Waals surface area contributed by atoms with E-state index in [0.29, 0.717) is 6.54 Å². The lowest BCUT2D eigenvalue weighted by molar-refractivity contribution is 0.0513. The second-order valence-corrected chi connectivity index (χ2v) is 2.78. The van der Waals surface area contributed by atoms with Crippen LogP contribution in [0.2, 0.25) is 0 Å². The molecule has 0 saturated heterocycles. The van der Waals surface area contributed by atoms with E-state index in [-0.39, 0.29) is 17.9 Å². The molecule has 0 aromatic carbocycles. The van der Waals surface area contributed by atoms with E-state index < -0.39 is 12.4 Å². The molecule has 0 saturated carbocycles. The number of carbonyl (C=O) groups excluding carboxylic acids is 1. The minimum absolute atomic E-state index is 0.152. The zero-order valence-corrected chi connectivity index (χ0v) is 8.54. The van der Waals surface area contributed by atoms with Crippen LogP contribution in [0, 0.1) is 0 Å². The number of halogens is 2. The maximum atomic E-state index is 12.6. The molecule has 0 aliphatic rings. The third-order valence-electron chi connectivity index (χ3n) is 1.88. The molecule has 15 heavy (non-hydrogen) atoms. The van der Waals surface area contributed by atoms with Crippen molar-refractivity contribution >= 4 is 5.97 Å². The number of nitrogens with zero attached hydrogens (tertiary/aromatic N) is 2. The summed E-state index contributed by atoms with van der Waals surface area (Å²) in [6.45, 7) is 3.73. The number of ether oxygens (including phenoxy) is 1. The highest BCUT2D eigenvalue weighted by Crippen LogP contribution is 2.23. The summed E-state index contributed by atoms with van der Waals surface area (Å²) in [7, 11) is 0. The molecule has 1 heterocycles. The number of aromatic nitrogens is 2. The fourth-order valence-electron chi connectivity index (χ4n) is 1.24. The second-order valence-electron chi connectivity index (χ2n) is 2.78. The van der Waals surface area contributed by atoms with Crippen molar-refractivity contribution in [3.63, 3.8) is 0 Å². The molecule has 0 fully saturated rings. The lowest BCUT2D eigenvalue weighted by atomic mass is 10.2. The highest BCUT2D eigenvalue weighted by molar-refractivity contribution is 5.90. The Bertz CT molecular complexity index is 350. The molecule has 6 heteroatoms. The summed E-state index contributed by atoms with van der Waals surface area (Å²) in [5.41, 5.74) is -0.537. The first kappa shape index (κ1) is 11.6. The van der Waals surface area contributed by atoms with Gasteiger partial charge in [-0.1, -0.05) is 0 Å². The Labute approximate surface area is 85.8 Å². The van der Waals surface area contributed by atoms with Crippen LogP contribution in [0.3, 0.4) is 0 Å². The van der Waals surface area contributed by atoms with Crippen LogP contribution in [0.5, 0.6) is 0 Å². The monoisotopic (exact) mass is 218 g/mol. The third kappa shape index (κ3) is 2.31. The smallest absolute Gasteiger partial charge is 0.341 e. The van der Waals surface area contributed by atoms with E-state index in [1.807, 2.05) is 0 Å². The number of aryl methyl sites for hydroxylation is 1. The summed E-state index contributed by atoms with van der Waals surface area (Å²) in [6, 6.07) is 0. The topological polar surface area (TPSA) is 44.1 Å².